The average Bonchev–Trinajstić information content (AvgIpc) is 3.07. The largest absolute Gasteiger partial charge is 0.394 e. The molecule has 3 N–H and O–H groups in total. The molecule has 0 aliphatic rings. The highest BCUT2D eigenvalue weighted by Crippen LogP contribution is 2.20. The maximum absolute atomic E-state index is 12.6. The van der Waals surface area contributed by atoms with Crippen molar-refractivity contribution in [1.29, 1.82) is 0 Å². The van der Waals surface area contributed by atoms with E-state index in [1.807, 2.05) is 42.5 Å². The molecule has 0 aliphatic heterocycles. The summed E-state index contributed by atoms with van der Waals surface area (Å²) in [6.45, 7) is 2.00. The van der Waals surface area contributed by atoms with Crippen LogP contribution in [-0.2, 0) is 12.8 Å². The van der Waals surface area contributed by atoms with E-state index < -0.39 is 0 Å². The Morgan fingerprint density at radius 2 is 2.00 bits per heavy atom. The summed E-state index contributed by atoms with van der Waals surface area (Å²) in [6, 6.07) is 15.7. The van der Waals surface area contributed by atoms with E-state index in [4.69, 9.17) is 0 Å². The number of nitrogens with one attached hydrogen (secondary N) is 2. The molecule has 3 aromatic rings. The third kappa shape index (κ3) is 4.22. The minimum Gasteiger partial charge on any atom is -0.394 e. The van der Waals surface area contributed by atoms with E-state index in [2.05, 4.69) is 45.9 Å². The van der Waals surface area contributed by atoms with Gasteiger partial charge in [0.15, 0.2) is 0 Å². The van der Waals surface area contributed by atoms with Crippen molar-refractivity contribution >= 4 is 39.4 Å². The van der Waals surface area contributed by atoms with Crippen LogP contribution in [0.2, 0.25) is 0 Å². The topological polar surface area (TPSA) is 65.1 Å². The van der Waals surface area contributed by atoms with Gasteiger partial charge in [-0.1, -0.05) is 31.2 Å². The molecule has 130 valence electrons. The number of aliphatic hydroxyl groups is 1. The van der Waals surface area contributed by atoms with Gasteiger partial charge < -0.3 is 15.4 Å². The predicted molar refractivity (Wildman–Crippen MR) is 109 cm³/mol. The number of carbonyl (C=O) groups is 1. The average molecular weight is 448 g/mol. The number of rotatable bonds is 6. The Morgan fingerprint density at radius 3 is 2.68 bits per heavy atom. The van der Waals surface area contributed by atoms with Gasteiger partial charge in [-0.05, 0) is 70.8 Å². The number of aryl methyl sites for hydroxylation is 1. The molecule has 25 heavy (non-hydrogen) atoms. The molecule has 5 heteroatoms. The fourth-order valence-electron chi connectivity index (χ4n) is 2.98. The number of aliphatic hydroxyl groups excluding tert-OH is 1. The molecule has 0 spiro atoms. The lowest BCUT2D eigenvalue weighted by Crippen LogP contribution is -2.39. The van der Waals surface area contributed by atoms with Gasteiger partial charge in [0.2, 0.25) is 0 Å². The van der Waals surface area contributed by atoms with Crippen molar-refractivity contribution < 1.29 is 9.90 Å². The molecule has 1 aromatic heterocycles. The monoisotopic (exact) mass is 448 g/mol. The number of H-pyrrole nitrogens is 1. The van der Waals surface area contributed by atoms with E-state index in [9.17, 15) is 9.90 Å². The molecule has 1 unspecified atom stereocenters. The first kappa shape index (κ1) is 17.9. The van der Waals surface area contributed by atoms with Gasteiger partial charge in [-0.3, -0.25) is 4.79 Å². The van der Waals surface area contributed by atoms with Crippen LogP contribution in [0, 0.1) is 3.57 Å². The van der Waals surface area contributed by atoms with Gasteiger partial charge in [0.1, 0.15) is 5.69 Å². The Bertz CT molecular complexity index is 871. The molecule has 0 aliphatic carbocycles. The van der Waals surface area contributed by atoms with Gasteiger partial charge in [-0.25, -0.2) is 0 Å². The van der Waals surface area contributed by atoms with Crippen LogP contribution in [0.4, 0.5) is 0 Å². The molecule has 1 amide bonds. The number of fused-ring (bicyclic) bond motifs is 1. The first-order chi connectivity index (χ1) is 12.1. The molecule has 0 fully saturated rings. The molecule has 2 aromatic carbocycles. The Balaban J connectivity index is 1.74. The lowest BCUT2D eigenvalue weighted by Gasteiger charge is -2.16. The minimum atomic E-state index is -0.315. The van der Waals surface area contributed by atoms with Crippen molar-refractivity contribution in [3.8, 4) is 0 Å². The SMILES string of the molecule is CCc1cccc2[nH]c(C(=O)NC(CO)Cc3ccc(I)cc3)cc12. The van der Waals surface area contributed by atoms with Crippen LogP contribution in [-0.4, -0.2) is 28.6 Å². The maximum Gasteiger partial charge on any atom is 0.268 e. The van der Waals surface area contributed by atoms with E-state index in [-0.39, 0.29) is 18.6 Å². The second kappa shape index (κ2) is 8.01. The smallest absolute Gasteiger partial charge is 0.268 e. The van der Waals surface area contributed by atoms with Gasteiger partial charge in [-0.15, -0.1) is 0 Å². The number of benzene rings is 2. The lowest BCUT2D eigenvalue weighted by atomic mass is 10.1. The van der Waals surface area contributed by atoms with Crippen molar-refractivity contribution in [3.63, 3.8) is 0 Å². The summed E-state index contributed by atoms with van der Waals surface area (Å²) in [7, 11) is 0. The first-order valence-corrected chi connectivity index (χ1v) is 9.45. The molecule has 3 rings (SSSR count). The summed E-state index contributed by atoms with van der Waals surface area (Å²) < 4.78 is 1.16. The summed E-state index contributed by atoms with van der Waals surface area (Å²) in [5.41, 5.74) is 3.79. The van der Waals surface area contributed by atoms with Crippen molar-refractivity contribution in [2.75, 3.05) is 6.61 Å². The van der Waals surface area contributed by atoms with E-state index in [0.717, 1.165) is 26.5 Å². The normalized spacial score (nSPS) is 12.3. The van der Waals surface area contributed by atoms with Crippen molar-refractivity contribution in [2.45, 2.75) is 25.8 Å². The molecule has 1 heterocycles. The Hall–Kier alpha value is -1.86. The fourth-order valence-corrected chi connectivity index (χ4v) is 3.34. The van der Waals surface area contributed by atoms with Crippen molar-refractivity contribution in [3.05, 3.63) is 68.9 Å². The molecule has 1 atom stereocenters. The third-order valence-electron chi connectivity index (χ3n) is 4.33. The maximum atomic E-state index is 12.6. The van der Waals surface area contributed by atoms with Crippen LogP contribution in [0.1, 0.15) is 28.5 Å². The molecule has 0 saturated carbocycles. The molecular formula is C20H21IN2O2. The summed E-state index contributed by atoms with van der Waals surface area (Å²) in [4.78, 5) is 15.7. The molecule has 0 bridgehead atoms. The number of amides is 1. The zero-order valence-electron chi connectivity index (χ0n) is 14.1. The highest BCUT2D eigenvalue weighted by molar-refractivity contribution is 14.1. The van der Waals surface area contributed by atoms with Gasteiger partial charge in [-0.2, -0.15) is 0 Å². The number of hydrogen-bond acceptors (Lipinski definition) is 2. The second-order valence-corrected chi connectivity index (χ2v) is 7.34. The number of aromatic nitrogens is 1. The predicted octanol–water partition coefficient (Wildman–Crippen LogP) is 3.67. The molecular weight excluding hydrogens is 427 g/mol. The summed E-state index contributed by atoms with van der Waals surface area (Å²) in [6.07, 6.45) is 1.52. The van der Waals surface area contributed by atoms with Crippen LogP contribution < -0.4 is 5.32 Å². The number of halogens is 1. The third-order valence-corrected chi connectivity index (χ3v) is 5.05. The number of aromatic amines is 1. The summed E-state index contributed by atoms with van der Waals surface area (Å²) in [5.74, 6) is -0.192. The van der Waals surface area contributed by atoms with Crippen LogP contribution in [0.3, 0.4) is 0 Å². The first-order valence-electron chi connectivity index (χ1n) is 8.37. The van der Waals surface area contributed by atoms with Crippen LogP contribution in [0.25, 0.3) is 10.9 Å². The standard InChI is InChI=1S/C20H21IN2O2/c1-2-14-4-3-5-18-17(14)11-19(23-18)20(25)22-16(12-24)10-13-6-8-15(21)9-7-13/h3-9,11,16,23-24H,2,10,12H2,1H3,(H,22,25). The minimum absolute atomic E-state index is 0.0990. The summed E-state index contributed by atoms with van der Waals surface area (Å²) >= 11 is 2.26. The van der Waals surface area contributed by atoms with Gasteiger partial charge in [0.25, 0.3) is 5.91 Å². The zero-order chi connectivity index (χ0) is 17.8. The van der Waals surface area contributed by atoms with E-state index in [1.54, 1.807) is 0 Å². The van der Waals surface area contributed by atoms with Crippen molar-refractivity contribution in [2.24, 2.45) is 0 Å². The summed E-state index contributed by atoms with van der Waals surface area (Å²) in [5, 5.41) is 13.6. The Labute approximate surface area is 160 Å². The van der Waals surface area contributed by atoms with E-state index >= 15 is 0 Å². The van der Waals surface area contributed by atoms with Crippen LogP contribution >= 0.6 is 22.6 Å². The fraction of sp³-hybridized carbons (Fsp3) is 0.250. The van der Waals surface area contributed by atoms with E-state index in [0.29, 0.717) is 12.1 Å². The quantitative estimate of drug-likeness (QED) is 0.504. The molecule has 4 nitrogen and oxygen atoms in total. The zero-order valence-corrected chi connectivity index (χ0v) is 16.2. The highest BCUT2D eigenvalue weighted by atomic mass is 127. The lowest BCUT2D eigenvalue weighted by molar-refractivity contribution is 0.0912. The van der Waals surface area contributed by atoms with Crippen molar-refractivity contribution in [1.82, 2.24) is 10.3 Å². The molecule has 0 saturated heterocycles. The van der Waals surface area contributed by atoms with Gasteiger partial charge in [0, 0.05) is 14.5 Å². The van der Waals surface area contributed by atoms with Gasteiger partial charge >= 0.3 is 0 Å². The Morgan fingerprint density at radius 1 is 1.24 bits per heavy atom. The van der Waals surface area contributed by atoms with Gasteiger partial charge in [0.05, 0.1) is 12.6 Å². The van der Waals surface area contributed by atoms with E-state index in [1.165, 1.54) is 5.56 Å². The second-order valence-electron chi connectivity index (χ2n) is 6.10. The Kier molecular flexibility index (Phi) is 5.75. The van der Waals surface area contributed by atoms with Crippen LogP contribution in [0.5, 0.6) is 0 Å². The van der Waals surface area contributed by atoms with Crippen LogP contribution in [0.15, 0.2) is 48.5 Å². The number of carbonyl (C=O) groups excluding carboxylic acids is 1. The number of hydrogen-bond donors (Lipinski definition) is 3. The molecule has 0 radical (unpaired) electrons. The highest BCUT2D eigenvalue weighted by Gasteiger charge is 2.16.